The van der Waals surface area contributed by atoms with E-state index in [1.807, 2.05) is 0 Å². The first-order valence-electron chi connectivity index (χ1n) is 10.6. The Balaban J connectivity index is 1.78. The van der Waals surface area contributed by atoms with E-state index in [1.54, 1.807) is 14.3 Å². The number of rotatable bonds is 0. The van der Waals surface area contributed by atoms with Crippen molar-refractivity contribution in [2.45, 2.75) is 26.7 Å². The third-order valence-corrected chi connectivity index (χ3v) is 27.6. The Hall–Kier alpha value is -0.973. The zero-order valence-electron chi connectivity index (χ0n) is 18.3. The van der Waals surface area contributed by atoms with Crippen LogP contribution in [-0.4, -0.2) is 36.8 Å². The molecule has 0 bridgehead atoms. The summed E-state index contributed by atoms with van der Waals surface area (Å²) in [5, 5.41) is 0.828. The fraction of sp³-hybridized carbons (Fsp3) is 0.185. The van der Waals surface area contributed by atoms with E-state index in [-0.39, 0.29) is 0 Å². The van der Waals surface area contributed by atoms with E-state index in [4.69, 9.17) is 11.6 Å². The van der Waals surface area contributed by atoms with Crippen molar-refractivity contribution < 1.29 is 0 Å². The van der Waals surface area contributed by atoms with Gasteiger partial charge in [0.05, 0.1) is 0 Å². The maximum absolute atomic E-state index is 6.34. The minimum absolute atomic E-state index is 0.828. The van der Waals surface area contributed by atoms with E-state index in [0.29, 0.717) is 0 Å². The molecule has 2 aliphatic heterocycles. The SMILES string of the molecule is Cc1ccc2[c](c1)[Sn]([CH3])([CH3])[c]1cc3[c](cc1C=C2)[Sn]([CH3])([CH3])[c]1ccc(Cl)cc1C=C3. The van der Waals surface area contributed by atoms with Gasteiger partial charge in [-0.05, 0) is 0 Å². The van der Waals surface area contributed by atoms with Gasteiger partial charge in [0.1, 0.15) is 0 Å². The van der Waals surface area contributed by atoms with Crippen molar-refractivity contribution in [2.24, 2.45) is 0 Å². The Kier molecular flexibility index (Phi) is 5.07. The summed E-state index contributed by atoms with van der Waals surface area (Å²) in [7, 11) is 0. The van der Waals surface area contributed by atoms with Crippen molar-refractivity contribution in [3.05, 3.63) is 81.4 Å². The molecule has 3 aromatic carbocycles. The minimum atomic E-state index is -2.75. The number of halogens is 1. The molecule has 0 radical (unpaired) electrons. The molecule has 0 N–H and O–H groups in total. The topological polar surface area (TPSA) is 0 Å². The summed E-state index contributed by atoms with van der Waals surface area (Å²) in [6.45, 7) is 2.22. The first-order valence-corrected chi connectivity index (χ1v) is 28.1. The van der Waals surface area contributed by atoms with Gasteiger partial charge in [0.2, 0.25) is 0 Å². The molecule has 3 aromatic rings. The summed E-state index contributed by atoms with van der Waals surface area (Å²) < 4.78 is 6.39. The van der Waals surface area contributed by atoms with Gasteiger partial charge in [-0.2, -0.15) is 0 Å². The summed E-state index contributed by atoms with van der Waals surface area (Å²) in [6, 6.07) is 18.6. The quantitative estimate of drug-likeness (QED) is 0.300. The van der Waals surface area contributed by atoms with Gasteiger partial charge in [-0.3, -0.25) is 0 Å². The van der Waals surface area contributed by atoms with Crippen LogP contribution in [0.4, 0.5) is 0 Å². The molecule has 30 heavy (non-hydrogen) atoms. The molecule has 0 saturated carbocycles. The van der Waals surface area contributed by atoms with Crippen molar-refractivity contribution in [1.82, 2.24) is 0 Å². The molecule has 0 nitrogen and oxygen atoms in total. The summed E-state index contributed by atoms with van der Waals surface area (Å²) in [4.78, 5) is 10.3. The van der Waals surface area contributed by atoms with Crippen LogP contribution in [-0.2, 0) is 0 Å². The van der Waals surface area contributed by atoms with Gasteiger partial charge in [-0.25, -0.2) is 0 Å². The second-order valence-corrected chi connectivity index (χ2v) is 34.9. The normalized spacial score (nSPS) is 17.3. The van der Waals surface area contributed by atoms with Crippen molar-refractivity contribution in [1.29, 1.82) is 0 Å². The van der Waals surface area contributed by atoms with Crippen molar-refractivity contribution in [3.63, 3.8) is 0 Å². The molecule has 2 aliphatic rings. The average Bonchev–Trinajstić information content (AvgIpc) is 2.87. The molecule has 150 valence electrons. The van der Waals surface area contributed by atoms with Crippen LogP contribution in [0.25, 0.3) is 24.3 Å². The molecule has 0 saturated heterocycles. The van der Waals surface area contributed by atoms with Crippen molar-refractivity contribution in [3.8, 4) is 0 Å². The molecule has 0 spiro atoms. The van der Waals surface area contributed by atoms with Gasteiger partial charge in [0.15, 0.2) is 0 Å². The monoisotopic (exact) mass is 626 g/mol. The van der Waals surface area contributed by atoms with E-state index < -0.39 is 36.8 Å². The molecule has 3 heteroatoms. The van der Waals surface area contributed by atoms with E-state index >= 15 is 0 Å². The van der Waals surface area contributed by atoms with E-state index in [2.05, 4.69) is 99.5 Å². The molecule has 0 unspecified atom stereocenters. The van der Waals surface area contributed by atoms with Gasteiger partial charge >= 0.3 is 195 Å². The summed E-state index contributed by atoms with van der Waals surface area (Å²) in [6.07, 6.45) is 9.39. The molecule has 5 rings (SSSR count). The van der Waals surface area contributed by atoms with Gasteiger partial charge in [0.25, 0.3) is 0 Å². The van der Waals surface area contributed by atoms with Crippen LogP contribution in [0.5, 0.6) is 0 Å². The fourth-order valence-corrected chi connectivity index (χ4v) is 23.2. The number of aryl methyl sites for hydroxylation is 1. The third kappa shape index (κ3) is 3.25. The number of hydrogen-bond acceptors (Lipinski definition) is 0. The van der Waals surface area contributed by atoms with Gasteiger partial charge in [0, 0.05) is 0 Å². The Bertz CT molecular complexity index is 1260. The Morgan fingerprint density at radius 3 is 1.67 bits per heavy atom. The van der Waals surface area contributed by atoms with Crippen molar-refractivity contribution >= 4 is 87.0 Å². The van der Waals surface area contributed by atoms with Crippen LogP contribution in [0.3, 0.4) is 0 Å². The number of fused-ring (bicyclic) bond motifs is 4. The number of hydrogen-bond donors (Lipinski definition) is 0. The second kappa shape index (κ2) is 7.28. The molecular formula is C27H27ClSn2. The zero-order valence-corrected chi connectivity index (χ0v) is 24.8. The predicted molar refractivity (Wildman–Crippen MR) is 140 cm³/mol. The molecular weight excluding hydrogens is 597 g/mol. The summed E-state index contributed by atoms with van der Waals surface area (Å²) in [5.41, 5.74) is 7.00. The molecule has 0 atom stereocenters. The first-order chi connectivity index (χ1) is 14.2. The first kappa shape index (κ1) is 20.9. The Morgan fingerprint density at radius 1 is 0.533 bits per heavy atom. The molecule has 2 heterocycles. The predicted octanol–water partition coefficient (Wildman–Crippen LogP) is 5.26. The Labute approximate surface area is 193 Å². The van der Waals surface area contributed by atoms with Gasteiger partial charge in [-0.1, -0.05) is 0 Å². The number of benzene rings is 3. The van der Waals surface area contributed by atoms with E-state index in [1.165, 1.54) is 27.8 Å². The van der Waals surface area contributed by atoms with Crippen LogP contribution in [0, 0.1) is 6.92 Å². The molecule has 0 aliphatic carbocycles. The van der Waals surface area contributed by atoms with Gasteiger partial charge in [-0.15, -0.1) is 0 Å². The molecule has 0 amide bonds. The van der Waals surface area contributed by atoms with E-state index in [0.717, 1.165) is 5.02 Å². The summed E-state index contributed by atoms with van der Waals surface area (Å²) >= 11 is 0.870. The molecule has 0 fully saturated rings. The maximum atomic E-state index is 6.34. The van der Waals surface area contributed by atoms with Crippen LogP contribution >= 0.6 is 11.6 Å². The van der Waals surface area contributed by atoms with E-state index in [9.17, 15) is 0 Å². The van der Waals surface area contributed by atoms with Gasteiger partial charge < -0.3 is 0 Å². The third-order valence-electron chi connectivity index (χ3n) is 7.02. The van der Waals surface area contributed by atoms with Crippen LogP contribution in [0.2, 0.25) is 24.8 Å². The van der Waals surface area contributed by atoms with Crippen molar-refractivity contribution in [2.75, 3.05) is 0 Å². The zero-order chi connectivity index (χ0) is 21.3. The summed E-state index contributed by atoms with van der Waals surface area (Å²) in [5.74, 6) is 0. The van der Waals surface area contributed by atoms with Crippen LogP contribution in [0.15, 0.2) is 48.5 Å². The average molecular weight is 624 g/mol. The standard InChI is InChI=1S/C23H15Cl.4CH3.2Sn/c1-18-5-7-19(8-6-18)9-10-20-11-13-21(14-12-20)15-16-22-3-2-4-23(24)17-22;;;;;;/h2,4-7,9-11,14-17H,1H3;4*1H3;;. The second-order valence-electron chi connectivity index (χ2n) is 9.77. The fourth-order valence-electron chi connectivity index (χ4n) is 5.24. The van der Waals surface area contributed by atoms with Crippen LogP contribution in [0.1, 0.15) is 27.8 Å². The molecule has 0 aromatic heterocycles. The van der Waals surface area contributed by atoms with Crippen LogP contribution < -0.4 is 14.3 Å². The Morgan fingerprint density at radius 2 is 1.03 bits per heavy atom.